The van der Waals surface area contributed by atoms with E-state index in [0.717, 1.165) is 5.56 Å². The van der Waals surface area contributed by atoms with Crippen LogP contribution in [0.4, 0.5) is 0 Å². The van der Waals surface area contributed by atoms with Crippen LogP contribution >= 0.6 is 0 Å². The summed E-state index contributed by atoms with van der Waals surface area (Å²) in [5, 5.41) is 12.5. The van der Waals surface area contributed by atoms with Gasteiger partial charge in [0.05, 0.1) is 5.56 Å². The number of carboxylic acids is 1. The third-order valence-corrected chi connectivity index (χ3v) is 3.42. The maximum atomic E-state index is 11.1. The summed E-state index contributed by atoms with van der Waals surface area (Å²) in [6.45, 7) is 4.68. The van der Waals surface area contributed by atoms with Crippen molar-refractivity contribution in [3.8, 4) is 0 Å². The van der Waals surface area contributed by atoms with Gasteiger partial charge in [-0.25, -0.2) is 4.79 Å². The number of carbonyl (C=O) groups is 1. The largest absolute Gasteiger partial charge is 0.478 e. The van der Waals surface area contributed by atoms with Crippen molar-refractivity contribution < 1.29 is 9.90 Å². The molecule has 0 bridgehead atoms. The van der Waals surface area contributed by atoms with E-state index < -0.39 is 5.97 Å². The first-order chi connectivity index (χ1) is 9.58. The van der Waals surface area contributed by atoms with Crippen LogP contribution in [0, 0.1) is 6.92 Å². The Hall–Kier alpha value is -2.13. The van der Waals surface area contributed by atoms with Gasteiger partial charge in [0.25, 0.3) is 0 Å². The standard InChI is InChI=1S/C17H19NO2/c1-12-7-9-14(10-8-12)13(2)18-11-15-5-3-4-6-16(15)17(19)20/h3-10,13,18H,11H2,1-2H3,(H,19,20). The summed E-state index contributed by atoms with van der Waals surface area (Å²) in [7, 11) is 0. The molecule has 104 valence electrons. The van der Waals surface area contributed by atoms with Gasteiger partial charge in [0.1, 0.15) is 0 Å². The van der Waals surface area contributed by atoms with E-state index in [9.17, 15) is 4.79 Å². The molecule has 2 N–H and O–H groups in total. The van der Waals surface area contributed by atoms with Crippen molar-refractivity contribution in [1.82, 2.24) is 5.32 Å². The predicted molar refractivity (Wildman–Crippen MR) is 79.8 cm³/mol. The Morgan fingerprint density at radius 2 is 1.80 bits per heavy atom. The molecule has 3 nitrogen and oxygen atoms in total. The molecule has 0 heterocycles. The van der Waals surface area contributed by atoms with Gasteiger partial charge in [-0.15, -0.1) is 0 Å². The monoisotopic (exact) mass is 269 g/mol. The first-order valence-electron chi connectivity index (χ1n) is 6.69. The second-order valence-corrected chi connectivity index (χ2v) is 4.98. The summed E-state index contributed by atoms with van der Waals surface area (Å²) >= 11 is 0. The lowest BCUT2D eigenvalue weighted by Crippen LogP contribution is -2.19. The fourth-order valence-corrected chi connectivity index (χ4v) is 2.12. The Morgan fingerprint density at radius 3 is 2.45 bits per heavy atom. The van der Waals surface area contributed by atoms with Crippen molar-refractivity contribution in [2.75, 3.05) is 0 Å². The molecule has 0 saturated heterocycles. The van der Waals surface area contributed by atoms with Crippen LogP contribution in [0.3, 0.4) is 0 Å². The number of hydrogen-bond acceptors (Lipinski definition) is 2. The third kappa shape index (κ3) is 3.45. The lowest BCUT2D eigenvalue weighted by Gasteiger charge is -2.15. The quantitative estimate of drug-likeness (QED) is 0.872. The second-order valence-electron chi connectivity index (χ2n) is 4.98. The Morgan fingerprint density at radius 1 is 1.15 bits per heavy atom. The molecular weight excluding hydrogens is 250 g/mol. The second kappa shape index (κ2) is 6.35. The first-order valence-corrected chi connectivity index (χ1v) is 6.69. The molecular formula is C17H19NO2. The van der Waals surface area contributed by atoms with Gasteiger partial charge in [-0.05, 0) is 31.0 Å². The Kier molecular flexibility index (Phi) is 4.53. The molecule has 0 aliphatic heterocycles. The molecule has 0 saturated carbocycles. The van der Waals surface area contributed by atoms with E-state index in [-0.39, 0.29) is 6.04 Å². The van der Waals surface area contributed by atoms with Crippen molar-refractivity contribution in [3.63, 3.8) is 0 Å². The van der Waals surface area contributed by atoms with Crippen molar-refractivity contribution in [2.45, 2.75) is 26.4 Å². The summed E-state index contributed by atoms with van der Waals surface area (Å²) in [5.41, 5.74) is 3.59. The summed E-state index contributed by atoms with van der Waals surface area (Å²) in [6.07, 6.45) is 0. The van der Waals surface area contributed by atoms with Crippen LogP contribution in [0.2, 0.25) is 0 Å². The lowest BCUT2D eigenvalue weighted by molar-refractivity contribution is 0.0695. The van der Waals surface area contributed by atoms with Crippen molar-refractivity contribution in [3.05, 3.63) is 70.8 Å². The first kappa shape index (κ1) is 14.3. The Bertz CT molecular complexity index is 590. The normalized spacial score (nSPS) is 12.1. The van der Waals surface area contributed by atoms with Crippen LogP contribution in [-0.4, -0.2) is 11.1 Å². The third-order valence-electron chi connectivity index (χ3n) is 3.42. The highest BCUT2D eigenvalue weighted by Crippen LogP contribution is 2.15. The highest BCUT2D eigenvalue weighted by atomic mass is 16.4. The molecule has 0 aromatic heterocycles. The van der Waals surface area contributed by atoms with Gasteiger partial charge in [0, 0.05) is 12.6 Å². The number of benzene rings is 2. The highest BCUT2D eigenvalue weighted by Gasteiger charge is 2.10. The van der Waals surface area contributed by atoms with E-state index in [1.54, 1.807) is 12.1 Å². The van der Waals surface area contributed by atoms with E-state index >= 15 is 0 Å². The molecule has 20 heavy (non-hydrogen) atoms. The fraction of sp³-hybridized carbons (Fsp3) is 0.235. The topological polar surface area (TPSA) is 49.3 Å². The number of carboxylic acid groups (broad SMARTS) is 1. The van der Waals surface area contributed by atoms with Crippen LogP contribution < -0.4 is 5.32 Å². The fourth-order valence-electron chi connectivity index (χ4n) is 2.12. The van der Waals surface area contributed by atoms with Gasteiger partial charge in [0.15, 0.2) is 0 Å². The van der Waals surface area contributed by atoms with Gasteiger partial charge in [-0.1, -0.05) is 48.0 Å². The molecule has 0 aliphatic rings. The minimum atomic E-state index is -0.884. The van der Waals surface area contributed by atoms with E-state index in [2.05, 4.69) is 43.4 Å². The molecule has 0 spiro atoms. The summed E-state index contributed by atoms with van der Waals surface area (Å²) in [6, 6.07) is 15.6. The van der Waals surface area contributed by atoms with Crippen LogP contribution in [-0.2, 0) is 6.54 Å². The van der Waals surface area contributed by atoms with Crippen LogP contribution in [0.15, 0.2) is 48.5 Å². The maximum Gasteiger partial charge on any atom is 0.336 e. The number of aryl methyl sites for hydroxylation is 1. The van der Waals surface area contributed by atoms with Crippen molar-refractivity contribution >= 4 is 5.97 Å². The molecule has 0 amide bonds. The zero-order valence-corrected chi connectivity index (χ0v) is 11.8. The molecule has 2 rings (SSSR count). The van der Waals surface area contributed by atoms with Gasteiger partial charge in [-0.3, -0.25) is 0 Å². The highest BCUT2D eigenvalue weighted by molar-refractivity contribution is 5.89. The summed E-state index contributed by atoms with van der Waals surface area (Å²) in [5.74, 6) is -0.884. The average Bonchev–Trinajstić information content (AvgIpc) is 2.45. The van der Waals surface area contributed by atoms with Crippen LogP contribution in [0.25, 0.3) is 0 Å². The summed E-state index contributed by atoms with van der Waals surface area (Å²) in [4.78, 5) is 11.1. The van der Waals surface area contributed by atoms with E-state index in [1.807, 2.05) is 12.1 Å². The lowest BCUT2D eigenvalue weighted by atomic mass is 10.0. The van der Waals surface area contributed by atoms with E-state index in [0.29, 0.717) is 12.1 Å². The molecule has 1 unspecified atom stereocenters. The van der Waals surface area contributed by atoms with Crippen LogP contribution in [0.5, 0.6) is 0 Å². The average molecular weight is 269 g/mol. The predicted octanol–water partition coefficient (Wildman–Crippen LogP) is 3.54. The minimum Gasteiger partial charge on any atom is -0.478 e. The molecule has 0 aliphatic carbocycles. The molecule has 2 aromatic carbocycles. The van der Waals surface area contributed by atoms with Crippen LogP contribution in [0.1, 0.15) is 40.0 Å². The van der Waals surface area contributed by atoms with E-state index in [1.165, 1.54) is 11.1 Å². The zero-order valence-electron chi connectivity index (χ0n) is 11.8. The molecule has 1 atom stereocenters. The van der Waals surface area contributed by atoms with Crippen molar-refractivity contribution in [2.24, 2.45) is 0 Å². The zero-order chi connectivity index (χ0) is 14.5. The molecule has 0 fully saturated rings. The molecule has 2 aromatic rings. The SMILES string of the molecule is Cc1ccc(C(C)NCc2ccccc2C(=O)O)cc1. The Labute approximate surface area is 119 Å². The number of aromatic carboxylic acids is 1. The smallest absolute Gasteiger partial charge is 0.336 e. The van der Waals surface area contributed by atoms with Crippen molar-refractivity contribution in [1.29, 1.82) is 0 Å². The van der Waals surface area contributed by atoms with Gasteiger partial charge in [0.2, 0.25) is 0 Å². The minimum absolute atomic E-state index is 0.178. The number of hydrogen-bond donors (Lipinski definition) is 2. The molecule has 0 radical (unpaired) electrons. The molecule has 3 heteroatoms. The number of rotatable bonds is 5. The van der Waals surface area contributed by atoms with Gasteiger partial charge < -0.3 is 10.4 Å². The van der Waals surface area contributed by atoms with Gasteiger partial charge in [-0.2, -0.15) is 0 Å². The van der Waals surface area contributed by atoms with E-state index in [4.69, 9.17) is 5.11 Å². The summed E-state index contributed by atoms with van der Waals surface area (Å²) < 4.78 is 0. The Balaban J connectivity index is 2.05. The maximum absolute atomic E-state index is 11.1. The number of nitrogens with one attached hydrogen (secondary N) is 1. The van der Waals surface area contributed by atoms with Gasteiger partial charge >= 0.3 is 5.97 Å².